The lowest BCUT2D eigenvalue weighted by molar-refractivity contribution is 0.567. The van der Waals surface area contributed by atoms with Gasteiger partial charge in [-0.1, -0.05) is 41.9 Å². The summed E-state index contributed by atoms with van der Waals surface area (Å²) >= 11 is 8.03. The molecule has 0 saturated heterocycles. The number of benzene rings is 2. The molecule has 2 aromatic carbocycles. The van der Waals surface area contributed by atoms with E-state index in [4.69, 9.17) is 11.6 Å². The first-order valence-corrected chi connectivity index (χ1v) is 8.21. The molecule has 104 valence electrons. The maximum atomic E-state index is 6.05. The summed E-state index contributed by atoms with van der Waals surface area (Å²) < 4.78 is 0. The van der Waals surface area contributed by atoms with Crippen molar-refractivity contribution in [1.82, 2.24) is 5.32 Å². The fourth-order valence-corrected chi connectivity index (χ4v) is 4.03. The van der Waals surface area contributed by atoms with Crippen LogP contribution in [0.4, 0.5) is 0 Å². The molecule has 0 spiro atoms. The molecular weight excluding hydrogens is 286 g/mol. The van der Waals surface area contributed by atoms with Crippen LogP contribution in [-0.4, -0.2) is 11.8 Å². The minimum absolute atomic E-state index is 0.331. The molecule has 1 aliphatic rings. The third-order valence-electron chi connectivity index (χ3n) is 3.71. The van der Waals surface area contributed by atoms with E-state index in [1.54, 1.807) is 0 Å². The third kappa shape index (κ3) is 3.20. The van der Waals surface area contributed by atoms with E-state index in [2.05, 4.69) is 42.6 Å². The van der Waals surface area contributed by atoms with Crippen LogP contribution in [0.5, 0.6) is 0 Å². The van der Waals surface area contributed by atoms with E-state index in [1.165, 1.54) is 16.0 Å². The van der Waals surface area contributed by atoms with Crippen LogP contribution >= 0.6 is 23.4 Å². The molecule has 0 radical (unpaired) electrons. The Morgan fingerprint density at radius 3 is 2.90 bits per heavy atom. The topological polar surface area (TPSA) is 12.0 Å². The lowest BCUT2D eigenvalue weighted by Crippen LogP contribution is -2.27. The zero-order valence-corrected chi connectivity index (χ0v) is 13.0. The smallest absolute Gasteiger partial charge is 0.0409 e. The summed E-state index contributed by atoms with van der Waals surface area (Å²) in [6, 6.07) is 17.1. The Morgan fingerprint density at radius 1 is 1.25 bits per heavy atom. The second-order valence-electron chi connectivity index (χ2n) is 5.24. The zero-order valence-electron chi connectivity index (χ0n) is 11.5. The fourth-order valence-electron chi connectivity index (χ4n) is 2.57. The van der Waals surface area contributed by atoms with Crippen molar-refractivity contribution in [3.05, 3.63) is 64.7 Å². The number of hydrogen-bond donors (Lipinski definition) is 1. The molecule has 1 aliphatic heterocycles. The lowest BCUT2D eigenvalue weighted by Gasteiger charge is -2.17. The van der Waals surface area contributed by atoms with Gasteiger partial charge < -0.3 is 5.32 Å². The number of halogens is 1. The van der Waals surface area contributed by atoms with E-state index in [1.807, 2.05) is 30.0 Å². The van der Waals surface area contributed by atoms with Gasteiger partial charge in [-0.05, 0) is 42.7 Å². The molecule has 3 heteroatoms. The molecule has 0 bridgehead atoms. The highest BCUT2D eigenvalue weighted by Gasteiger charge is 2.21. The van der Waals surface area contributed by atoms with Gasteiger partial charge in [-0.25, -0.2) is 0 Å². The average Bonchev–Trinajstić information content (AvgIpc) is 2.87. The summed E-state index contributed by atoms with van der Waals surface area (Å²) in [6.07, 6.45) is 1.16. The Bertz CT molecular complexity index is 574. The van der Waals surface area contributed by atoms with E-state index in [0.29, 0.717) is 11.3 Å². The molecule has 1 N–H and O–H groups in total. The van der Waals surface area contributed by atoms with E-state index in [0.717, 1.165) is 18.0 Å². The van der Waals surface area contributed by atoms with Gasteiger partial charge in [0.1, 0.15) is 0 Å². The molecule has 2 atom stereocenters. The van der Waals surface area contributed by atoms with Crippen molar-refractivity contribution in [3.8, 4) is 0 Å². The Balaban J connectivity index is 1.56. The standard InChI is InChI=1S/C17H18ClNS/c1-12(13-6-4-7-15(18)9-13)19-11-16-10-14-5-2-3-8-17(14)20-16/h2-9,12,16,19H,10-11H2,1H3. The molecule has 0 aliphatic carbocycles. The van der Waals surface area contributed by atoms with Crippen LogP contribution in [0.3, 0.4) is 0 Å². The van der Waals surface area contributed by atoms with Gasteiger partial charge in [0.2, 0.25) is 0 Å². The first kappa shape index (κ1) is 14.0. The van der Waals surface area contributed by atoms with Crippen LogP contribution in [0.1, 0.15) is 24.1 Å². The van der Waals surface area contributed by atoms with Crippen molar-refractivity contribution in [2.75, 3.05) is 6.54 Å². The van der Waals surface area contributed by atoms with Crippen molar-refractivity contribution in [2.45, 2.75) is 29.5 Å². The monoisotopic (exact) mass is 303 g/mol. The Kier molecular flexibility index (Phi) is 4.35. The number of nitrogens with one attached hydrogen (secondary N) is 1. The third-order valence-corrected chi connectivity index (χ3v) is 5.27. The van der Waals surface area contributed by atoms with Gasteiger partial charge in [0.15, 0.2) is 0 Å². The Hall–Kier alpha value is -0.960. The van der Waals surface area contributed by atoms with Crippen LogP contribution < -0.4 is 5.32 Å². The van der Waals surface area contributed by atoms with Crippen LogP contribution in [0.15, 0.2) is 53.4 Å². The van der Waals surface area contributed by atoms with Crippen LogP contribution in [-0.2, 0) is 6.42 Å². The average molecular weight is 304 g/mol. The van der Waals surface area contributed by atoms with Gasteiger partial charge in [0, 0.05) is 27.8 Å². The zero-order chi connectivity index (χ0) is 13.9. The van der Waals surface area contributed by atoms with Gasteiger partial charge in [0.25, 0.3) is 0 Å². The minimum atomic E-state index is 0.331. The molecule has 0 amide bonds. The molecule has 0 fully saturated rings. The summed E-state index contributed by atoms with van der Waals surface area (Å²) in [5.41, 5.74) is 2.73. The molecule has 0 aromatic heterocycles. The van der Waals surface area contributed by atoms with E-state index in [9.17, 15) is 0 Å². The molecular formula is C17H18ClNS. The number of hydrogen-bond acceptors (Lipinski definition) is 2. The summed E-state index contributed by atoms with van der Waals surface area (Å²) in [4.78, 5) is 1.44. The molecule has 1 nitrogen and oxygen atoms in total. The minimum Gasteiger partial charge on any atom is -0.309 e. The highest BCUT2D eigenvalue weighted by Crippen LogP contribution is 2.36. The maximum absolute atomic E-state index is 6.05. The summed E-state index contributed by atoms with van der Waals surface area (Å²) in [6.45, 7) is 3.21. The lowest BCUT2D eigenvalue weighted by atomic mass is 10.1. The van der Waals surface area contributed by atoms with Crippen molar-refractivity contribution in [2.24, 2.45) is 0 Å². The fraction of sp³-hybridized carbons (Fsp3) is 0.294. The molecule has 1 heterocycles. The highest BCUT2D eigenvalue weighted by atomic mass is 35.5. The quantitative estimate of drug-likeness (QED) is 0.878. The summed E-state index contributed by atoms with van der Waals surface area (Å²) in [5.74, 6) is 0. The van der Waals surface area contributed by atoms with Gasteiger partial charge in [-0.2, -0.15) is 0 Å². The van der Waals surface area contributed by atoms with Gasteiger partial charge in [-0.3, -0.25) is 0 Å². The van der Waals surface area contributed by atoms with Crippen LogP contribution in [0.25, 0.3) is 0 Å². The Morgan fingerprint density at radius 2 is 2.10 bits per heavy atom. The molecule has 0 saturated carbocycles. The second kappa shape index (κ2) is 6.21. The highest BCUT2D eigenvalue weighted by molar-refractivity contribution is 8.00. The number of fused-ring (bicyclic) bond motifs is 1. The molecule has 2 unspecified atom stereocenters. The second-order valence-corrected chi connectivity index (χ2v) is 7.02. The van der Waals surface area contributed by atoms with E-state index >= 15 is 0 Å². The normalized spacial score (nSPS) is 18.8. The van der Waals surface area contributed by atoms with Crippen molar-refractivity contribution in [1.29, 1.82) is 0 Å². The molecule has 3 rings (SSSR count). The van der Waals surface area contributed by atoms with Crippen molar-refractivity contribution < 1.29 is 0 Å². The Labute approximate surface area is 129 Å². The predicted molar refractivity (Wildman–Crippen MR) is 87.7 cm³/mol. The SMILES string of the molecule is CC(NCC1Cc2ccccc2S1)c1cccc(Cl)c1. The van der Waals surface area contributed by atoms with E-state index < -0.39 is 0 Å². The van der Waals surface area contributed by atoms with Gasteiger partial charge in [-0.15, -0.1) is 11.8 Å². The number of rotatable bonds is 4. The first-order valence-electron chi connectivity index (χ1n) is 6.96. The van der Waals surface area contributed by atoms with E-state index in [-0.39, 0.29) is 0 Å². The van der Waals surface area contributed by atoms with Crippen LogP contribution in [0, 0.1) is 0 Å². The van der Waals surface area contributed by atoms with Gasteiger partial charge in [0.05, 0.1) is 0 Å². The first-order chi connectivity index (χ1) is 9.72. The maximum Gasteiger partial charge on any atom is 0.0409 e. The van der Waals surface area contributed by atoms with Crippen molar-refractivity contribution in [3.63, 3.8) is 0 Å². The van der Waals surface area contributed by atoms with Crippen molar-refractivity contribution >= 4 is 23.4 Å². The van der Waals surface area contributed by atoms with Crippen LogP contribution in [0.2, 0.25) is 5.02 Å². The molecule has 2 aromatic rings. The van der Waals surface area contributed by atoms with Gasteiger partial charge >= 0.3 is 0 Å². The molecule has 20 heavy (non-hydrogen) atoms. The summed E-state index contributed by atoms with van der Waals surface area (Å²) in [7, 11) is 0. The number of thioether (sulfide) groups is 1. The largest absolute Gasteiger partial charge is 0.309 e. The predicted octanol–water partition coefficient (Wildman–Crippen LogP) is 4.71. The summed E-state index contributed by atoms with van der Waals surface area (Å²) in [5, 5.41) is 5.06.